The van der Waals surface area contributed by atoms with Crippen molar-refractivity contribution in [3.63, 3.8) is 0 Å². The number of hydrogen-bond donors (Lipinski definition) is 1. The van der Waals surface area contributed by atoms with Crippen LogP contribution >= 0.6 is 0 Å². The van der Waals surface area contributed by atoms with Gasteiger partial charge in [-0.3, -0.25) is 9.69 Å². The molecule has 174 valence electrons. The Morgan fingerprint density at radius 3 is 2.18 bits per heavy atom. The lowest BCUT2D eigenvalue weighted by atomic mass is 10.0. The van der Waals surface area contributed by atoms with Gasteiger partial charge in [-0.25, -0.2) is 8.42 Å². The molecule has 1 saturated heterocycles. The van der Waals surface area contributed by atoms with Crippen LogP contribution in [0.1, 0.15) is 22.7 Å². The van der Waals surface area contributed by atoms with E-state index in [1.165, 1.54) is 16.4 Å². The Hall–Kier alpha value is -3.51. The van der Waals surface area contributed by atoms with Gasteiger partial charge in [0.25, 0.3) is 0 Å². The number of sulfonamides is 1. The van der Waals surface area contributed by atoms with Gasteiger partial charge in [-0.2, -0.15) is 9.57 Å². The summed E-state index contributed by atoms with van der Waals surface area (Å²) < 4.78 is 27.8. The predicted octanol–water partition coefficient (Wildman–Crippen LogP) is 3.55. The minimum atomic E-state index is -3.81. The van der Waals surface area contributed by atoms with Gasteiger partial charge in [-0.15, -0.1) is 0 Å². The van der Waals surface area contributed by atoms with E-state index in [0.717, 1.165) is 11.1 Å². The number of nitriles is 1. The average molecular weight is 475 g/mol. The lowest BCUT2D eigenvalue weighted by Gasteiger charge is -2.38. The summed E-state index contributed by atoms with van der Waals surface area (Å²) in [6, 6.07) is 24.7. The number of carbonyl (C=O) groups is 1. The smallest absolute Gasteiger partial charge is 0.246 e. The van der Waals surface area contributed by atoms with Crippen molar-refractivity contribution in [3.05, 3.63) is 95.6 Å². The van der Waals surface area contributed by atoms with Gasteiger partial charge >= 0.3 is 0 Å². The highest BCUT2D eigenvalue weighted by atomic mass is 32.2. The monoisotopic (exact) mass is 474 g/mol. The summed E-state index contributed by atoms with van der Waals surface area (Å²) in [5.41, 5.74) is 2.79. The van der Waals surface area contributed by atoms with E-state index in [2.05, 4.69) is 5.32 Å². The summed E-state index contributed by atoms with van der Waals surface area (Å²) in [6.07, 6.45) is 0. The molecule has 0 aliphatic carbocycles. The molecule has 1 aliphatic heterocycles. The van der Waals surface area contributed by atoms with Crippen LogP contribution in [-0.2, 0) is 14.8 Å². The number of carbonyl (C=O) groups excluding carboxylic acids is 1. The Balaban J connectivity index is 1.54. The number of amides is 1. The fourth-order valence-electron chi connectivity index (χ4n) is 4.14. The molecule has 0 spiro atoms. The van der Waals surface area contributed by atoms with E-state index in [0.29, 0.717) is 18.8 Å². The summed E-state index contributed by atoms with van der Waals surface area (Å²) in [5, 5.41) is 12.3. The second kappa shape index (κ2) is 10.2. The number of hydrogen-bond acceptors (Lipinski definition) is 5. The summed E-state index contributed by atoms with van der Waals surface area (Å²) >= 11 is 0. The standard InChI is InChI=1S/C26H26N4O3S/c1-20-11-13-23(14-12-20)28-26(31)25(21-7-3-2-4-8-21)29-15-17-30(18-16-29)34(32,33)24-10-6-5-9-22(24)19-27/h2-14,25H,15-18H2,1H3,(H,28,31)/t25-/m0/s1. The van der Waals surface area contributed by atoms with Crippen molar-refractivity contribution in [1.82, 2.24) is 9.21 Å². The Morgan fingerprint density at radius 1 is 0.912 bits per heavy atom. The molecule has 3 aromatic carbocycles. The largest absolute Gasteiger partial charge is 0.324 e. The van der Waals surface area contributed by atoms with Crippen molar-refractivity contribution in [1.29, 1.82) is 5.26 Å². The van der Waals surface area contributed by atoms with E-state index in [9.17, 15) is 18.5 Å². The average Bonchev–Trinajstić information content (AvgIpc) is 2.86. The molecular weight excluding hydrogens is 448 g/mol. The molecule has 1 amide bonds. The SMILES string of the molecule is Cc1ccc(NC(=O)[C@H](c2ccccc2)N2CCN(S(=O)(=O)c3ccccc3C#N)CC2)cc1. The molecule has 0 aromatic heterocycles. The van der Waals surface area contributed by atoms with Crippen LogP contribution < -0.4 is 5.32 Å². The van der Waals surface area contributed by atoms with E-state index in [-0.39, 0.29) is 29.5 Å². The van der Waals surface area contributed by atoms with Crippen LogP contribution in [-0.4, -0.2) is 49.7 Å². The van der Waals surface area contributed by atoms with Crippen LogP contribution in [0.5, 0.6) is 0 Å². The number of rotatable bonds is 6. The third-order valence-corrected chi connectivity index (χ3v) is 7.90. The zero-order valence-electron chi connectivity index (χ0n) is 18.9. The maximum Gasteiger partial charge on any atom is 0.246 e. The van der Waals surface area contributed by atoms with Crippen LogP contribution in [0.2, 0.25) is 0 Å². The molecule has 0 unspecified atom stereocenters. The molecule has 0 saturated carbocycles. The first-order chi connectivity index (χ1) is 16.4. The first kappa shape index (κ1) is 23.6. The van der Waals surface area contributed by atoms with Gasteiger partial charge in [0.2, 0.25) is 15.9 Å². The molecular formula is C26H26N4O3S. The van der Waals surface area contributed by atoms with Gasteiger partial charge < -0.3 is 5.32 Å². The first-order valence-electron chi connectivity index (χ1n) is 11.1. The van der Waals surface area contributed by atoms with Crippen molar-refractivity contribution in [2.75, 3.05) is 31.5 Å². The van der Waals surface area contributed by atoms with Crippen molar-refractivity contribution in [2.24, 2.45) is 0 Å². The van der Waals surface area contributed by atoms with Crippen LogP contribution in [0.25, 0.3) is 0 Å². The molecule has 0 bridgehead atoms. The molecule has 1 heterocycles. The van der Waals surface area contributed by atoms with Crippen LogP contribution in [0.4, 0.5) is 5.69 Å². The molecule has 3 aromatic rings. The molecule has 1 atom stereocenters. The van der Waals surface area contributed by atoms with Gasteiger partial charge in [0.1, 0.15) is 12.1 Å². The zero-order chi connectivity index (χ0) is 24.1. The highest BCUT2D eigenvalue weighted by Gasteiger charge is 2.35. The fourth-order valence-corrected chi connectivity index (χ4v) is 5.70. The number of nitrogens with zero attached hydrogens (tertiary/aromatic N) is 3. The van der Waals surface area contributed by atoms with Crippen LogP contribution in [0, 0.1) is 18.3 Å². The minimum Gasteiger partial charge on any atom is -0.324 e. The number of anilines is 1. The lowest BCUT2D eigenvalue weighted by Crippen LogP contribution is -2.51. The second-order valence-corrected chi connectivity index (χ2v) is 10.1. The molecule has 4 rings (SSSR count). The maximum absolute atomic E-state index is 13.4. The summed E-state index contributed by atoms with van der Waals surface area (Å²) in [7, 11) is -3.81. The number of benzene rings is 3. The van der Waals surface area contributed by atoms with Crippen molar-refractivity contribution < 1.29 is 13.2 Å². The second-order valence-electron chi connectivity index (χ2n) is 8.22. The van der Waals surface area contributed by atoms with E-state index >= 15 is 0 Å². The normalized spacial score (nSPS) is 15.9. The Labute approximate surface area is 200 Å². The molecule has 0 radical (unpaired) electrons. The highest BCUT2D eigenvalue weighted by Crippen LogP contribution is 2.27. The van der Waals surface area contributed by atoms with E-state index in [1.54, 1.807) is 12.1 Å². The molecule has 1 aliphatic rings. The lowest BCUT2D eigenvalue weighted by molar-refractivity contribution is -0.122. The summed E-state index contributed by atoms with van der Waals surface area (Å²) in [5.74, 6) is -0.166. The predicted molar refractivity (Wildman–Crippen MR) is 130 cm³/mol. The molecule has 34 heavy (non-hydrogen) atoms. The molecule has 1 fully saturated rings. The van der Waals surface area contributed by atoms with Crippen LogP contribution in [0.3, 0.4) is 0 Å². The van der Waals surface area contributed by atoms with Crippen molar-refractivity contribution >= 4 is 21.6 Å². The summed E-state index contributed by atoms with van der Waals surface area (Å²) in [4.78, 5) is 15.4. The topological polar surface area (TPSA) is 93.5 Å². The highest BCUT2D eigenvalue weighted by molar-refractivity contribution is 7.89. The maximum atomic E-state index is 13.4. The minimum absolute atomic E-state index is 0.0164. The number of nitrogens with one attached hydrogen (secondary N) is 1. The summed E-state index contributed by atoms with van der Waals surface area (Å²) in [6.45, 7) is 3.21. The zero-order valence-corrected chi connectivity index (χ0v) is 19.7. The molecule has 1 N–H and O–H groups in total. The quantitative estimate of drug-likeness (QED) is 0.590. The fraction of sp³-hybridized carbons (Fsp3) is 0.231. The van der Waals surface area contributed by atoms with Crippen molar-refractivity contribution in [3.8, 4) is 6.07 Å². The van der Waals surface area contributed by atoms with E-state index < -0.39 is 16.1 Å². The van der Waals surface area contributed by atoms with Crippen LogP contribution in [0.15, 0.2) is 83.8 Å². The number of aryl methyl sites for hydroxylation is 1. The molecule has 8 heteroatoms. The third-order valence-electron chi connectivity index (χ3n) is 5.95. The van der Waals surface area contributed by atoms with E-state index in [1.807, 2.05) is 72.5 Å². The third kappa shape index (κ3) is 5.02. The van der Waals surface area contributed by atoms with Gasteiger partial charge in [-0.05, 0) is 36.8 Å². The Kier molecular flexibility index (Phi) is 7.08. The van der Waals surface area contributed by atoms with Gasteiger partial charge in [-0.1, -0.05) is 60.2 Å². The van der Waals surface area contributed by atoms with E-state index in [4.69, 9.17) is 0 Å². The Bertz CT molecular complexity index is 1290. The van der Waals surface area contributed by atoms with Gasteiger partial charge in [0.05, 0.1) is 10.5 Å². The molecule has 7 nitrogen and oxygen atoms in total. The Morgan fingerprint density at radius 2 is 1.53 bits per heavy atom. The van der Waals surface area contributed by atoms with Gasteiger partial charge in [0.15, 0.2) is 0 Å². The van der Waals surface area contributed by atoms with Crippen molar-refractivity contribution in [2.45, 2.75) is 17.9 Å². The first-order valence-corrected chi connectivity index (χ1v) is 12.5. The number of piperazine rings is 1. The van der Waals surface area contributed by atoms with Gasteiger partial charge in [0, 0.05) is 31.9 Å².